The Bertz CT molecular complexity index is 1280. The number of carbonyl (C=O) groups is 3. The van der Waals surface area contributed by atoms with Gasteiger partial charge in [0.15, 0.2) is 0 Å². The Morgan fingerprint density at radius 1 is 1.03 bits per heavy atom. The van der Waals surface area contributed by atoms with Crippen molar-refractivity contribution < 1.29 is 24.6 Å². The summed E-state index contributed by atoms with van der Waals surface area (Å²) in [5.74, 6) is -2.69. The van der Waals surface area contributed by atoms with E-state index in [0.29, 0.717) is 18.5 Å². The molecule has 1 aliphatic rings. The molecule has 0 saturated heterocycles. The summed E-state index contributed by atoms with van der Waals surface area (Å²) in [6, 6.07) is 8.03. The number of nitrogens with one attached hydrogen (secondary N) is 1. The molecule has 9 nitrogen and oxygen atoms in total. The van der Waals surface area contributed by atoms with Crippen LogP contribution in [0.4, 0.5) is 17.1 Å². The molecule has 2 aromatic carbocycles. The highest BCUT2D eigenvalue weighted by atomic mass is 16.4. The van der Waals surface area contributed by atoms with Crippen LogP contribution in [0.1, 0.15) is 38.4 Å². The zero-order valence-corrected chi connectivity index (χ0v) is 17.8. The fraction of sp³-hybridized carbons (Fsp3) is 0.217. The molecule has 3 aromatic rings. The predicted octanol–water partition coefficient (Wildman–Crippen LogP) is 3.44. The van der Waals surface area contributed by atoms with Crippen LogP contribution in [-0.4, -0.2) is 44.9 Å². The monoisotopic (exact) mass is 434 g/mol. The molecule has 4 rings (SSSR count). The van der Waals surface area contributed by atoms with E-state index in [1.54, 1.807) is 22.7 Å². The average molecular weight is 434 g/mol. The minimum atomic E-state index is -1.35. The number of hydrogen-bond donors (Lipinski definition) is 3. The zero-order chi connectivity index (χ0) is 23.2. The highest BCUT2D eigenvalue weighted by Crippen LogP contribution is 2.40. The van der Waals surface area contributed by atoms with E-state index in [9.17, 15) is 24.6 Å². The minimum absolute atomic E-state index is 0.00661. The number of hydrogen-bond acceptors (Lipinski definition) is 5. The van der Waals surface area contributed by atoms with Crippen LogP contribution >= 0.6 is 0 Å². The summed E-state index contributed by atoms with van der Waals surface area (Å²) in [7, 11) is 3.51. The van der Waals surface area contributed by atoms with Gasteiger partial charge < -0.3 is 20.4 Å². The molecule has 32 heavy (non-hydrogen) atoms. The Kier molecular flexibility index (Phi) is 5.17. The third-order valence-corrected chi connectivity index (χ3v) is 5.64. The molecule has 0 atom stereocenters. The maximum absolute atomic E-state index is 12.3. The first-order valence-corrected chi connectivity index (χ1v) is 9.98. The van der Waals surface area contributed by atoms with E-state index >= 15 is 0 Å². The van der Waals surface area contributed by atoms with E-state index in [1.165, 1.54) is 18.2 Å². The van der Waals surface area contributed by atoms with Gasteiger partial charge in [0.1, 0.15) is 0 Å². The number of benzene rings is 2. The molecule has 1 aliphatic heterocycles. The molecule has 0 fully saturated rings. The van der Waals surface area contributed by atoms with Gasteiger partial charge in [-0.1, -0.05) is 6.07 Å². The molecule has 0 radical (unpaired) electrons. The molecule has 0 spiro atoms. The first-order valence-electron chi connectivity index (χ1n) is 9.98. The number of rotatable bonds is 5. The Labute approximate surface area is 183 Å². The van der Waals surface area contributed by atoms with E-state index in [1.807, 2.05) is 26.2 Å². The number of aromatic carboxylic acids is 2. The number of nitrogens with zero attached hydrogens (tertiary/aromatic N) is 3. The van der Waals surface area contributed by atoms with Gasteiger partial charge in [-0.05, 0) is 43.2 Å². The van der Waals surface area contributed by atoms with Crippen LogP contribution in [0.3, 0.4) is 0 Å². The van der Waals surface area contributed by atoms with Crippen molar-refractivity contribution in [1.29, 1.82) is 0 Å². The van der Waals surface area contributed by atoms with Gasteiger partial charge >= 0.3 is 11.9 Å². The lowest BCUT2D eigenvalue weighted by Gasteiger charge is -2.28. The predicted molar refractivity (Wildman–Crippen MR) is 119 cm³/mol. The molecule has 0 saturated carbocycles. The summed E-state index contributed by atoms with van der Waals surface area (Å²) < 4.78 is 1.69. The lowest BCUT2D eigenvalue weighted by molar-refractivity contribution is -0.118. The van der Waals surface area contributed by atoms with Gasteiger partial charge in [0, 0.05) is 49.2 Å². The minimum Gasteiger partial charge on any atom is -0.478 e. The van der Waals surface area contributed by atoms with Crippen molar-refractivity contribution >= 4 is 34.9 Å². The molecule has 0 bridgehead atoms. The van der Waals surface area contributed by atoms with Crippen LogP contribution in [0.15, 0.2) is 36.5 Å². The molecule has 1 amide bonds. The second-order valence-electron chi connectivity index (χ2n) is 7.74. The van der Waals surface area contributed by atoms with Crippen LogP contribution < -0.4 is 10.2 Å². The number of fused-ring (bicyclic) bond motifs is 1. The normalized spacial score (nSPS) is 13.1. The summed E-state index contributed by atoms with van der Waals surface area (Å²) >= 11 is 0. The van der Waals surface area contributed by atoms with Crippen molar-refractivity contribution in [3.05, 3.63) is 58.9 Å². The standard InChI is InChI=1S/C23H22N4O5/c1-12-16(11-26(2)25-12)15-9-13-7-8-20(28)27(3)19(13)10-18(15)24-17-6-4-5-14(22(29)30)21(17)23(31)32/h4-6,9-11,24H,7-8H2,1-3H3,(H,29,30)(H,31,32). The lowest BCUT2D eigenvalue weighted by Crippen LogP contribution is -2.31. The number of carboxylic acid groups (broad SMARTS) is 2. The number of aromatic nitrogens is 2. The Balaban J connectivity index is 1.93. The van der Waals surface area contributed by atoms with Gasteiger partial charge in [-0.3, -0.25) is 9.48 Å². The van der Waals surface area contributed by atoms with Crippen molar-refractivity contribution in [1.82, 2.24) is 9.78 Å². The second kappa shape index (κ2) is 7.84. The quantitative estimate of drug-likeness (QED) is 0.562. The van der Waals surface area contributed by atoms with Crippen molar-refractivity contribution in [2.75, 3.05) is 17.3 Å². The molecular weight excluding hydrogens is 412 g/mol. The van der Waals surface area contributed by atoms with Crippen LogP contribution in [0.5, 0.6) is 0 Å². The smallest absolute Gasteiger partial charge is 0.338 e. The maximum Gasteiger partial charge on any atom is 0.338 e. The van der Waals surface area contributed by atoms with Gasteiger partial charge in [0.25, 0.3) is 0 Å². The highest BCUT2D eigenvalue weighted by Gasteiger charge is 2.26. The van der Waals surface area contributed by atoms with Gasteiger partial charge in [-0.2, -0.15) is 5.10 Å². The molecule has 0 aliphatic carbocycles. The summed E-state index contributed by atoms with van der Waals surface area (Å²) in [5.41, 5.74) is 4.18. The fourth-order valence-corrected chi connectivity index (χ4v) is 4.09. The SMILES string of the molecule is Cc1nn(C)cc1-c1cc2c(cc1Nc1cccc(C(=O)O)c1C(=O)O)N(C)C(=O)CC2. The molecule has 164 valence electrons. The van der Waals surface area contributed by atoms with E-state index in [0.717, 1.165) is 28.1 Å². The molecule has 1 aromatic heterocycles. The first-order chi connectivity index (χ1) is 15.2. The van der Waals surface area contributed by atoms with E-state index in [2.05, 4.69) is 10.4 Å². The number of amides is 1. The number of carboxylic acids is 2. The third kappa shape index (κ3) is 3.58. The van der Waals surface area contributed by atoms with E-state index in [4.69, 9.17) is 0 Å². The fourth-order valence-electron chi connectivity index (χ4n) is 4.09. The second-order valence-corrected chi connectivity index (χ2v) is 7.74. The maximum atomic E-state index is 12.3. The molecular formula is C23H22N4O5. The van der Waals surface area contributed by atoms with Gasteiger partial charge in [-0.15, -0.1) is 0 Å². The zero-order valence-electron chi connectivity index (χ0n) is 17.8. The molecule has 9 heteroatoms. The van der Waals surface area contributed by atoms with Gasteiger partial charge in [0.05, 0.1) is 22.5 Å². The molecule has 2 heterocycles. The molecule has 3 N–H and O–H groups in total. The van der Waals surface area contributed by atoms with E-state index in [-0.39, 0.29) is 22.7 Å². The van der Waals surface area contributed by atoms with Crippen molar-refractivity contribution in [2.45, 2.75) is 19.8 Å². The largest absolute Gasteiger partial charge is 0.478 e. The van der Waals surface area contributed by atoms with Crippen molar-refractivity contribution in [2.24, 2.45) is 7.05 Å². The lowest BCUT2D eigenvalue weighted by atomic mass is 9.94. The van der Waals surface area contributed by atoms with Crippen LogP contribution in [0.2, 0.25) is 0 Å². The Morgan fingerprint density at radius 3 is 2.41 bits per heavy atom. The van der Waals surface area contributed by atoms with E-state index < -0.39 is 11.9 Å². The summed E-state index contributed by atoms with van der Waals surface area (Å²) in [5, 5.41) is 26.7. The van der Waals surface area contributed by atoms with Crippen LogP contribution in [0.25, 0.3) is 11.1 Å². The average Bonchev–Trinajstić information content (AvgIpc) is 3.08. The number of aryl methyl sites for hydroxylation is 3. The Hall–Kier alpha value is -4.14. The number of carbonyl (C=O) groups excluding carboxylic acids is 1. The highest BCUT2D eigenvalue weighted by molar-refractivity contribution is 6.07. The van der Waals surface area contributed by atoms with Crippen molar-refractivity contribution in [3.8, 4) is 11.1 Å². The number of anilines is 3. The van der Waals surface area contributed by atoms with Gasteiger partial charge in [0.2, 0.25) is 5.91 Å². The summed E-state index contributed by atoms with van der Waals surface area (Å²) in [6.45, 7) is 1.88. The Morgan fingerprint density at radius 2 is 1.78 bits per heavy atom. The van der Waals surface area contributed by atoms with Crippen LogP contribution in [-0.2, 0) is 18.3 Å². The van der Waals surface area contributed by atoms with Gasteiger partial charge in [-0.25, -0.2) is 9.59 Å². The third-order valence-electron chi connectivity index (χ3n) is 5.64. The van der Waals surface area contributed by atoms with Crippen molar-refractivity contribution in [3.63, 3.8) is 0 Å². The molecule has 0 unspecified atom stereocenters. The van der Waals surface area contributed by atoms with Crippen LogP contribution in [0, 0.1) is 6.92 Å². The summed E-state index contributed by atoms with van der Waals surface area (Å²) in [6.07, 6.45) is 2.87. The first kappa shape index (κ1) is 21.1. The topological polar surface area (TPSA) is 125 Å². The summed E-state index contributed by atoms with van der Waals surface area (Å²) in [4.78, 5) is 37.3.